The van der Waals surface area contributed by atoms with Crippen molar-refractivity contribution in [1.82, 2.24) is 0 Å². The highest BCUT2D eigenvalue weighted by Crippen LogP contribution is 2.35. The normalized spacial score (nSPS) is 11.0. The summed E-state index contributed by atoms with van der Waals surface area (Å²) in [7, 11) is 0. The summed E-state index contributed by atoms with van der Waals surface area (Å²) in [4.78, 5) is 0. The molecule has 2 nitrogen and oxygen atoms in total. The van der Waals surface area contributed by atoms with Crippen LogP contribution in [0.1, 0.15) is 11.1 Å². The SMILES string of the molecule is N#Cc1cc(Oc2cc(Br)ccc2F)ccc1C(F)(F)F. The average Bonchev–Trinajstić information content (AvgIpc) is 2.41. The van der Waals surface area contributed by atoms with Gasteiger partial charge >= 0.3 is 6.18 Å². The standard InChI is InChI=1S/C14H6BrF4NO/c15-9-1-4-12(16)13(6-9)21-10-2-3-11(14(17,18)19)8(5-10)7-20/h1-6H. The second-order valence-corrected chi connectivity index (χ2v) is 4.91. The first-order valence-corrected chi connectivity index (χ1v) is 6.35. The van der Waals surface area contributed by atoms with Crippen molar-refractivity contribution in [3.63, 3.8) is 0 Å². The average molecular weight is 360 g/mol. The van der Waals surface area contributed by atoms with Crippen LogP contribution in [0, 0.1) is 17.1 Å². The fourth-order valence-electron chi connectivity index (χ4n) is 1.61. The summed E-state index contributed by atoms with van der Waals surface area (Å²) in [5.41, 5.74) is -1.65. The van der Waals surface area contributed by atoms with Crippen molar-refractivity contribution in [3.8, 4) is 17.6 Å². The topological polar surface area (TPSA) is 33.0 Å². The second-order valence-electron chi connectivity index (χ2n) is 3.99. The maximum Gasteiger partial charge on any atom is 0.417 e. The Morgan fingerprint density at radius 2 is 1.81 bits per heavy atom. The number of nitrogens with zero attached hydrogens (tertiary/aromatic N) is 1. The van der Waals surface area contributed by atoms with Gasteiger partial charge in [-0.15, -0.1) is 0 Å². The van der Waals surface area contributed by atoms with Crippen molar-refractivity contribution in [2.75, 3.05) is 0 Å². The summed E-state index contributed by atoms with van der Waals surface area (Å²) in [6, 6.07) is 8.06. The Morgan fingerprint density at radius 1 is 1.10 bits per heavy atom. The molecule has 0 fully saturated rings. The van der Waals surface area contributed by atoms with Crippen molar-refractivity contribution in [3.05, 3.63) is 57.8 Å². The minimum Gasteiger partial charge on any atom is -0.454 e. The molecule has 0 aromatic heterocycles. The van der Waals surface area contributed by atoms with Crippen molar-refractivity contribution in [1.29, 1.82) is 5.26 Å². The van der Waals surface area contributed by atoms with Crippen LogP contribution in [-0.2, 0) is 6.18 Å². The molecule has 2 aromatic rings. The van der Waals surface area contributed by atoms with Crippen LogP contribution in [-0.4, -0.2) is 0 Å². The first-order chi connectivity index (χ1) is 9.81. The molecule has 7 heteroatoms. The monoisotopic (exact) mass is 359 g/mol. The highest BCUT2D eigenvalue weighted by Gasteiger charge is 2.33. The number of alkyl halides is 3. The van der Waals surface area contributed by atoms with Crippen molar-refractivity contribution in [2.24, 2.45) is 0 Å². The molecule has 2 aromatic carbocycles. The molecular weight excluding hydrogens is 354 g/mol. The third-order valence-corrected chi connectivity index (χ3v) is 3.03. The zero-order valence-corrected chi connectivity index (χ0v) is 11.8. The van der Waals surface area contributed by atoms with E-state index in [9.17, 15) is 17.6 Å². The van der Waals surface area contributed by atoms with Gasteiger partial charge in [0.25, 0.3) is 0 Å². The van der Waals surface area contributed by atoms with Crippen LogP contribution in [0.3, 0.4) is 0 Å². The molecule has 0 bridgehead atoms. The van der Waals surface area contributed by atoms with Crippen LogP contribution in [0.15, 0.2) is 40.9 Å². The second kappa shape index (κ2) is 5.74. The van der Waals surface area contributed by atoms with Crippen molar-refractivity contribution in [2.45, 2.75) is 6.18 Å². The highest BCUT2D eigenvalue weighted by molar-refractivity contribution is 9.10. The Kier molecular flexibility index (Phi) is 4.19. The predicted octanol–water partition coefficient (Wildman–Crippen LogP) is 5.27. The molecule has 0 aliphatic rings. The van der Waals surface area contributed by atoms with E-state index in [4.69, 9.17) is 10.00 Å². The first-order valence-electron chi connectivity index (χ1n) is 5.55. The van der Waals surface area contributed by atoms with E-state index < -0.39 is 23.1 Å². The number of hydrogen-bond donors (Lipinski definition) is 0. The third-order valence-electron chi connectivity index (χ3n) is 2.54. The Hall–Kier alpha value is -2.07. The van der Waals surface area contributed by atoms with Gasteiger partial charge in [-0.1, -0.05) is 15.9 Å². The molecule has 0 aliphatic carbocycles. The lowest BCUT2D eigenvalue weighted by atomic mass is 10.1. The molecule has 0 spiro atoms. The molecule has 0 amide bonds. The van der Waals surface area contributed by atoms with E-state index in [0.717, 1.165) is 24.3 Å². The Balaban J connectivity index is 2.39. The molecule has 0 heterocycles. The Labute approximate surface area is 125 Å². The fraction of sp³-hybridized carbons (Fsp3) is 0.0714. The number of hydrogen-bond acceptors (Lipinski definition) is 2. The third kappa shape index (κ3) is 3.52. The van der Waals surface area contributed by atoms with Crippen LogP contribution in [0.2, 0.25) is 0 Å². The number of ether oxygens (including phenoxy) is 1. The summed E-state index contributed by atoms with van der Waals surface area (Å²) >= 11 is 3.13. The van der Waals surface area contributed by atoms with Crippen LogP contribution < -0.4 is 4.74 Å². The van der Waals surface area contributed by atoms with Gasteiger partial charge in [-0.25, -0.2) is 4.39 Å². The van der Waals surface area contributed by atoms with E-state index in [1.165, 1.54) is 18.2 Å². The summed E-state index contributed by atoms with van der Waals surface area (Å²) in [6.45, 7) is 0. The zero-order chi connectivity index (χ0) is 15.6. The minimum absolute atomic E-state index is 0.0588. The molecule has 108 valence electrons. The molecule has 0 unspecified atom stereocenters. The molecule has 0 N–H and O–H groups in total. The van der Waals surface area contributed by atoms with Crippen LogP contribution >= 0.6 is 15.9 Å². The van der Waals surface area contributed by atoms with E-state index >= 15 is 0 Å². The lowest BCUT2D eigenvalue weighted by molar-refractivity contribution is -0.137. The maximum atomic E-state index is 13.5. The quantitative estimate of drug-likeness (QED) is 0.684. The Bertz CT molecular complexity index is 722. The Morgan fingerprint density at radius 3 is 2.43 bits per heavy atom. The van der Waals surface area contributed by atoms with Gasteiger partial charge in [0.1, 0.15) is 5.75 Å². The zero-order valence-electron chi connectivity index (χ0n) is 10.2. The van der Waals surface area contributed by atoms with Gasteiger partial charge in [0, 0.05) is 4.47 Å². The van der Waals surface area contributed by atoms with Crippen LogP contribution in [0.5, 0.6) is 11.5 Å². The van der Waals surface area contributed by atoms with Gasteiger partial charge in [-0.3, -0.25) is 0 Å². The predicted molar refractivity (Wildman–Crippen MR) is 70.3 cm³/mol. The fourth-order valence-corrected chi connectivity index (χ4v) is 1.95. The van der Waals surface area contributed by atoms with E-state index in [2.05, 4.69) is 15.9 Å². The summed E-state index contributed by atoms with van der Waals surface area (Å²) < 4.78 is 57.2. The summed E-state index contributed by atoms with van der Waals surface area (Å²) in [6.07, 6.45) is -4.63. The lowest BCUT2D eigenvalue weighted by Gasteiger charge is -2.11. The number of halogens is 5. The number of rotatable bonds is 2. The molecular formula is C14H6BrF4NO. The summed E-state index contributed by atoms with van der Waals surface area (Å²) in [5.74, 6) is -0.888. The maximum absolute atomic E-state index is 13.5. The molecule has 0 aliphatic heterocycles. The van der Waals surface area contributed by atoms with Gasteiger partial charge in [0.05, 0.1) is 17.2 Å². The number of benzene rings is 2. The van der Waals surface area contributed by atoms with Crippen LogP contribution in [0.25, 0.3) is 0 Å². The largest absolute Gasteiger partial charge is 0.454 e. The first kappa shape index (κ1) is 15.3. The van der Waals surface area contributed by atoms with Gasteiger partial charge in [-0.2, -0.15) is 18.4 Å². The molecule has 0 saturated heterocycles. The molecule has 0 saturated carbocycles. The van der Waals surface area contributed by atoms with Gasteiger partial charge in [0.15, 0.2) is 11.6 Å². The number of nitriles is 1. The smallest absolute Gasteiger partial charge is 0.417 e. The van der Waals surface area contributed by atoms with E-state index in [1.807, 2.05) is 0 Å². The van der Waals surface area contributed by atoms with Gasteiger partial charge in [-0.05, 0) is 36.4 Å². The highest BCUT2D eigenvalue weighted by atomic mass is 79.9. The van der Waals surface area contributed by atoms with Crippen molar-refractivity contribution < 1.29 is 22.3 Å². The van der Waals surface area contributed by atoms with Crippen LogP contribution in [0.4, 0.5) is 17.6 Å². The van der Waals surface area contributed by atoms with E-state index in [0.29, 0.717) is 4.47 Å². The summed E-state index contributed by atoms with van der Waals surface area (Å²) in [5, 5.41) is 8.78. The van der Waals surface area contributed by atoms with E-state index in [-0.39, 0.29) is 11.5 Å². The lowest BCUT2D eigenvalue weighted by Crippen LogP contribution is -2.07. The van der Waals surface area contributed by atoms with E-state index in [1.54, 1.807) is 0 Å². The van der Waals surface area contributed by atoms with Gasteiger partial charge in [0.2, 0.25) is 0 Å². The van der Waals surface area contributed by atoms with Crippen molar-refractivity contribution >= 4 is 15.9 Å². The van der Waals surface area contributed by atoms with Gasteiger partial charge < -0.3 is 4.74 Å². The molecule has 2 rings (SSSR count). The molecule has 0 atom stereocenters. The molecule has 21 heavy (non-hydrogen) atoms. The molecule has 0 radical (unpaired) electrons. The minimum atomic E-state index is -4.63.